The smallest absolute Gasteiger partial charge is 0.206 e. The molecule has 0 saturated heterocycles. The first-order chi connectivity index (χ1) is 12.2. The summed E-state index contributed by atoms with van der Waals surface area (Å²) in [5.41, 5.74) is 3.65. The topological polar surface area (TPSA) is 55.1 Å². The molecule has 25 heavy (non-hydrogen) atoms. The van der Waals surface area contributed by atoms with Gasteiger partial charge in [0.2, 0.25) is 5.13 Å². The Morgan fingerprint density at radius 1 is 1.16 bits per heavy atom. The van der Waals surface area contributed by atoms with E-state index >= 15 is 0 Å². The molecule has 0 aliphatic heterocycles. The first-order valence-electron chi connectivity index (χ1n) is 7.92. The van der Waals surface area contributed by atoms with Gasteiger partial charge in [-0.2, -0.15) is 0 Å². The maximum Gasteiger partial charge on any atom is 0.206 e. The van der Waals surface area contributed by atoms with Crippen molar-refractivity contribution in [1.82, 2.24) is 19.6 Å². The number of hydrogen-bond donors (Lipinski definition) is 1. The van der Waals surface area contributed by atoms with E-state index in [1.165, 1.54) is 17.4 Å². The van der Waals surface area contributed by atoms with Gasteiger partial charge in [-0.05, 0) is 30.2 Å². The SMILES string of the molecule is Cc1cccn2cc(CNc3nnc(Cc4ccccc4F)s3)nc12. The molecule has 0 saturated carbocycles. The van der Waals surface area contributed by atoms with Gasteiger partial charge in [0.05, 0.1) is 12.2 Å². The van der Waals surface area contributed by atoms with Gasteiger partial charge in [-0.3, -0.25) is 0 Å². The maximum absolute atomic E-state index is 13.7. The van der Waals surface area contributed by atoms with Crippen molar-refractivity contribution in [2.75, 3.05) is 5.32 Å². The molecule has 0 bridgehead atoms. The molecule has 3 aromatic heterocycles. The van der Waals surface area contributed by atoms with E-state index < -0.39 is 0 Å². The molecule has 0 aliphatic rings. The molecule has 0 fully saturated rings. The number of aryl methyl sites for hydroxylation is 1. The fourth-order valence-electron chi connectivity index (χ4n) is 2.66. The summed E-state index contributed by atoms with van der Waals surface area (Å²) >= 11 is 1.43. The van der Waals surface area contributed by atoms with E-state index in [9.17, 15) is 4.39 Å². The summed E-state index contributed by atoms with van der Waals surface area (Å²) in [6, 6.07) is 10.8. The van der Waals surface area contributed by atoms with Gasteiger partial charge in [-0.1, -0.05) is 35.6 Å². The number of halogens is 1. The van der Waals surface area contributed by atoms with Crippen LogP contribution in [0.5, 0.6) is 0 Å². The minimum atomic E-state index is -0.215. The number of benzene rings is 1. The van der Waals surface area contributed by atoms with Crippen LogP contribution in [0.25, 0.3) is 5.65 Å². The fourth-order valence-corrected chi connectivity index (χ4v) is 3.42. The van der Waals surface area contributed by atoms with Crippen LogP contribution in [-0.4, -0.2) is 19.6 Å². The van der Waals surface area contributed by atoms with Gasteiger partial charge in [0.15, 0.2) is 0 Å². The molecule has 0 spiro atoms. The van der Waals surface area contributed by atoms with Crippen molar-refractivity contribution in [2.24, 2.45) is 0 Å². The molecule has 0 aliphatic carbocycles. The molecule has 126 valence electrons. The third kappa shape index (κ3) is 3.36. The van der Waals surface area contributed by atoms with E-state index in [0.717, 1.165) is 21.9 Å². The van der Waals surface area contributed by atoms with Crippen molar-refractivity contribution in [3.8, 4) is 0 Å². The number of hydrogen-bond acceptors (Lipinski definition) is 5. The molecule has 1 N–H and O–H groups in total. The van der Waals surface area contributed by atoms with Gasteiger partial charge in [0.1, 0.15) is 16.5 Å². The van der Waals surface area contributed by atoms with Crippen LogP contribution in [-0.2, 0) is 13.0 Å². The number of nitrogens with one attached hydrogen (secondary N) is 1. The normalized spacial score (nSPS) is 11.1. The number of pyridine rings is 1. The van der Waals surface area contributed by atoms with Crippen LogP contribution in [0, 0.1) is 12.7 Å². The summed E-state index contributed by atoms with van der Waals surface area (Å²) in [6.07, 6.45) is 4.42. The minimum absolute atomic E-state index is 0.215. The average Bonchev–Trinajstić information content (AvgIpc) is 3.22. The molecular weight excluding hydrogens is 337 g/mol. The lowest BCUT2D eigenvalue weighted by molar-refractivity contribution is 0.613. The fraction of sp³-hybridized carbons (Fsp3) is 0.167. The Kier molecular flexibility index (Phi) is 4.15. The molecule has 0 atom stereocenters. The Labute approximate surface area is 148 Å². The van der Waals surface area contributed by atoms with E-state index in [0.29, 0.717) is 23.7 Å². The number of aromatic nitrogens is 4. The lowest BCUT2D eigenvalue weighted by Crippen LogP contribution is -1.98. The summed E-state index contributed by atoms with van der Waals surface area (Å²) < 4.78 is 15.7. The molecule has 0 radical (unpaired) electrons. The van der Waals surface area contributed by atoms with Crippen molar-refractivity contribution < 1.29 is 4.39 Å². The molecule has 4 aromatic rings. The number of rotatable bonds is 5. The Bertz CT molecular complexity index is 1020. The zero-order valence-corrected chi connectivity index (χ0v) is 14.4. The van der Waals surface area contributed by atoms with Crippen molar-refractivity contribution in [3.63, 3.8) is 0 Å². The monoisotopic (exact) mass is 353 g/mol. The Hall–Kier alpha value is -2.80. The highest BCUT2D eigenvalue weighted by Gasteiger charge is 2.09. The summed E-state index contributed by atoms with van der Waals surface area (Å²) in [7, 11) is 0. The third-order valence-corrected chi connectivity index (χ3v) is 4.80. The first kappa shape index (κ1) is 15.7. The second-order valence-electron chi connectivity index (χ2n) is 5.78. The average molecular weight is 353 g/mol. The second kappa shape index (κ2) is 6.60. The molecule has 7 heteroatoms. The quantitative estimate of drug-likeness (QED) is 0.592. The number of nitrogens with zero attached hydrogens (tertiary/aromatic N) is 4. The van der Waals surface area contributed by atoms with Crippen molar-refractivity contribution in [2.45, 2.75) is 19.9 Å². The Morgan fingerprint density at radius 3 is 2.88 bits per heavy atom. The number of anilines is 1. The van der Waals surface area contributed by atoms with E-state index in [1.54, 1.807) is 12.1 Å². The van der Waals surface area contributed by atoms with E-state index in [1.807, 2.05) is 41.9 Å². The Morgan fingerprint density at radius 2 is 2.04 bits per heavy atom. The lowest BCUT2D eigenvalue weighted by atomic mass is 10.1. The Balaban J connectivity index is 1.44. The first-order valence-corrected chi connectivity index (χ1v) is 8.73. The summed E-state index contributed by atoms with van der Waals surface area (Å²) in [6.45, 7) is 2.61. The van der Waals surface area contributed by atoms with Gasteiger partial charge < -0.3 is 9.72 Å². The lowest BCUT2D eigenvalue weighted by Gasteiger charge is -1.99. The molecular formula is C18H16FN5S. The summed E-state index contributed by atoms with van der Waals surface area (Å²) in [5.74, 6) is -0.215. The highest BCUT2D eigenvalue weighted by Crippen LogP contribution is 2.20. The van der Waals surface area contributed by atoms with Crippen molar-refractivity contribution >= 4 is 22.1 Å². The predicted molar refractivity (Wildman–Crippen MR) is 96.4 cm³/mol. The van der Waals surface area contributed by atoms with Crippen LogP contribution in [0.3, 0.4) is 0 Å². The minimum Gasteiger partial charge on any atom is -0.354 e. The second-order valence-corrected chi connectivity index (χ2v) is 6.84. The highest BCUT2D eigenvalue weighted by molar-refractivity contribution is 7.15. The molecule has 3 heterocycles. The zero-order chi connectivity index (χ0) is 17.2. The molecule has 0 amide bonds. The van der Waals surface area contributed by atoms with Gasteiger partial charge in [0, 0.05) is 18.8 Å². The van der Waals surface area contributed by atoms with E-state index in [2.05, 4.69) is 20.5 Å². The summed E-state index contributed by atoms with van der Waals surface area (Å²) in [5, 5.41) is 13.0. The zero-order valence-electron chi connectivity index (χ0n) is 13.6. The van der Waals surface area contributed by atoms with E-state index in [4.69, 9.17) is 0 Å². The number of fused-ring (bicyclic) bond motifs is 1. The van der Waals surface area contributed by atoms with Crippen LogP contribution in [0.15, 0.2) is 48.8 Å². The third-order valence-electron chi connectivity index (χ3n) is 3.91. The van der Waals surface area contributed by atoms with E-state index in [-0.39, 0.29) is 5.82 Å². The molecule has 5 nitrogen and oxygen atoms in total. The standard InChI is InChI=1S/C18H16FN5S/c1-12-5-4-8-24-11-14(21-17(12)24)10-20-18-23-22-16(25-18)9-13-6-2-3-7-15(13)19/h2-8,11H,9-10H2,1H3,(H,20,23). The molecule has 0 unspecified atom stereocenters. The summed E-state index contributed by atoms with van der Waals surface area (Å²) in [4.78, 5) is 4.62. The predicted octanol–water partition coefficient (Wildman–Crippen LogP) is 3.84. The largest absolute Gasteiger partial charge is 0.354 e. The highest BCUT2D eigenvalue weighted by atomic mass is 32.1. The van der Waals surface area contributed by atoms with Crippen LogP contribution in [0.4, 0.5) is 9.52 Å². The van der Waals surface area contributed by atoms with Crippen molar-refractivity contribution in [1.29, 1.82) is 0 Å². The van der Waals surface area contributed by atoms with Gasteiger partial charge in [0.25, 0.3) is 0 Å². The molecule has 1 aromatic carbocycles. The van der Waals surface area contributed by atoms with Gasteiger partial charge >= 0.3 is 0 Å². The van der Waals surface area contributed by atoms with Crippen LogP contribution < -0.4 is 5.32 Å². The van der Waals surface area contributed by atoms with Crippen LogP contribution in [0.2, 0.25) is 0 Å². The van der Waals surface area contributed by atoms with Crippen LogP contribution >= 0.6 is 11.3 Å². The maximum atomic E-state index is 13.7. The van der Waals surface area contributed by atoms with Gasteiger partial charge in [-0.15, -0.1) is 10.2 Å². The molecule has 4 rings (SSSR count). The van der Waals surface area contributed by atoms with Crippen LogP contribution in [0.1, 0.15) is 21.8 Å². The van der Waals surface area contributed by atoms with Gasteiger partial charge in [-0.25, -0.2) is 9.37 Å². The number of imidazole rings is 1. The van der Waals surface area contributed by atoms with Crippen molar-refractivity contribution in [3.05, 3.63) is 76.4 Å².